The van der Waals surface area contributed by atoms with Crippen LogP contribution in [0.25, 0.3) is 0 Å². The van der Waals surface area contributed by atoms with Gasteiger partial charge in [-0.15, -0.1) is 0 Å². The first-order valence-corrected chi connectivity index (χ1v) is 7.26. The van der Waals surface area contributed by atoms with E-state index >= 15 is 0 Å². The molecule has 0 spiro atoms. The van der Waals surface area contributed by atoms with Crippen molar-refractivity contribution >= 4 is 28.8 Å². The molecule has 1 atom stereocenters. The van der Waals surface area contributed by atoms with E-state index in [1.165, 1.54) is 11.3 Å². The van der Waals surface area contributed by atoms with Gasteiger partial charge in [-0.2, -0.15) is 11.3 Å². The van der Waals surface area contributed by atoms with Gasteiger partial charge in [-0.05, 0) is 22.4 Å². The van der Waals surface area contributed by atoms with E-state index in [4.69, 9.17) is 0 Å². The second kappa shape index (κ2) is 7.25. The predicted octanol–water partition coefficient (Wildman–Crippen LogP) is 1.95. The molecule has 3 N–H and O–H groups in total. The standard InChI is InChI=1S/C14H11F3N2O3S/c15-9-3-8(4-10(16)12(9)17)19-14(22)13(21)18-5-11(20)7-1-2-23-6-7/h1-4,6,11,20H,5H2,(H,18,21)(H,19,22). The third-order valence-corrected chi connectivity index (χ3v) is 3.53. The normalized spacial score (nSPS) is 11.8. The van der Waals surface area contributed by atoms with E-state index in [-0.39, 0.29) is 6.54 Å². The molecule has 0 radical (unpaired) electrons. The number of hydrogen-bond donors (Lipinski definition) is 3. The summed E-state index contributed by atoms with van der Waals surface area (Å²) in [5, 5.41) is 17.3. The summed E-state index contributed by atoms with van der Waals surface area (Å²) < 4.78 is 38.8. The van der Waals surface area contributed by atoms with Crippen LogP contribution in [0.2, 0.25) is 0 Å². The third kappa shape index (κ3) is 4.30. The molecule has 0 saturated heterocycles. The largest absolute Gasteiger partial charge is 0.387 e. The highest BCUT2D eigenvalue weighted by Gasteiger charge is 2.18. The molecule has 0 bridgehead atoms. The molecule has 1 aromatic carbocycles. The number of benzene rings is 1. The number of rotatable bonds is 4. The van der Waals surface area contributed by atoms with Gasteiger partial charge in [0.2, 0.25) is 0 Å². The Kier molecular flexibility index (Phi) is 5.35. The van der Waals surface area contributed by atoms with Crippen molar-refractivity contribution in [2.24, 2.45) is 0 Å². The van der Waals surface area contributed by atoms with E-state index in [9.17, 15) is 27.9 Å². The maximum atomic E-state index is 13.0. The van der Waals surface area contributed by atoms with Gasteiger partial charge in [0.25, 0.3) is 0 Å². The van der Waals surface area contributed by atoms with Crippen molar-refractivity contribution in [3.05, 3.63) is 52.0 Å². The van der Waals surface area contributed by atoms with Crippen LogP contribution >= 0.6 is 11.3 Å². The molecular formula is C14H11F3N2O3S. The van der Waals surface area contributed by atoms with Crippen LogP contribution in [0.3, 0.4) is 0 Å². The lowest BCUT2D eigenvalue weighted by Crippen LogP contribution is -2.37. The molecule has 0 saturated carbocycles. The Morgan fingerprint density at radius 1 is 1.17 bits per heavy atom. The number of anilines is 1. The number of carbonyl (C=O) groups is 2. The summed E-state index contributed by atoms with van der Waals surface area (Å²) in [6.45, 7) is -0.213. The molecule has 2 amide bonds. The molecule has 9 heteroatoms. The molecule has 2 aromatic rings. The first kappa shape index (κ1) is 17.0. The number of thiophene rings is 1. The highest BCUT2D eigenvalue weighted by molar-refractivity contribution is 7.07. The average molecular weight is 344 g/mol. The number of nitrogens with one attached hydrogen (secondary N) is 2. The van der Waals surface area contributed by atoms with Gasteiger partial charge < -0.3 is 15.7 Å². The van der Waals surface area contributed by atoms with Gasteiger partial charge in [-0.1, -0.05) is 0 Å². The highest BCUT2D eigenvalue weighted by atomic mass is 32.1. The van der Waals surface area contributed by atoms with Crippen molar-refractivity contribution in [1.29, 1.82) is 0 Å². The fraction of sp³-hybridized carbons (Fsp3) is 0.143. The second-order valence-corrected chi connectivity index (χ2v) is 5.27. The Bertz CT molecular complexity index is 699. The van der Waals surface area contributed by atoms with Gasteiger partial charge in [-0.3, -0.25) is 9.59 Å². The summed E-state index contributed by atoms with van der Waals surface area (Å²) in [6, 6.07) is 2.75. The van der Waals surface area contributed by atoms with Crippen LogP contribution in [0.1, 0.15) is 11.7 Å². The fourth-order valence-corrected chi connectivity index (χ4v) is 2.37. The maximum Gasteiger partial charge on any atom is 0.313 e. The second-order valence-electron chi connectivity index (χ2n) is 4.49. The summed E-state index contributed by atoms with van der Waals surface area (Å²) in [5.41, 5.74) is 0.179. The average Bonchev–Trinajstić information content (AvgIpc) is 3.04. The minimum absolute atomic E-state index is 0.213. The summed E-state index contributed by atoms with van der Waals surface area (Å²) >= 11 is 1.36. The zero-order valence-electron chi connectivity index (χ0n) is 11.5. The Morgan fingerprint density at radius 2 is 1.83 bits per heavy atom. The minimum atomic E-state index is -1.67. The molecule has 0 aliphatic rings. The zero-order chi connectivity index (χ0) is 17.0. The molecule has 23 heavy (non-hydrogen) atoms. The van der Waals surface area contributed by atoms with Crippen molar-refractivity contribution in [2.75, 3.05) is 11.9 Å². The summed E-state index contributed by atoms with van der Waals surface area (Å²) in [5.74, 6) is -6.97. The molecule has 0 fully saturated rings. The summed E-state index contributed by atoms with van der Waals surface area (Å²) in [4.78, 5) is 23.1. The lowest BCUT2D eigenvalue weighted by molar-refractivity contribution is -0.136. The van der Waals surface area contributed by atoms with Gasteiger partial charge >= 0.3 is 11.8 Å². The molecule has 2 rings (SSSR count). The van der Waals surface area contributed by atoms with E-state index in [0.29, 0.717) is 17.7 Å². The van der Waals surface area contributed by atoms with Gasteiger partial charge in [0.15, 0.2) is 17.5 Å². The fourth-order valence-electron chi connectivity index (χ4n) is 1.67. The number of aliphatic hydroxyl groups is 1. The van der Waals surface area contributed by atoms with Crippen LogP contribution in [0, 0.1) is 17.5 Å². The predicted molar refractivity (Wildman–Crippen MR) is 77.2 cm³/mol. The molecule has 122 valence electrons. The van der Waals surface area contributed by atoms with Gasteiger partial charge in [0, 0.05) is 24.4 Å². The topological polar surface area (TPSA) is 78.4 Å². The van der Waals surface area contributed by atoms with Crippen LogP contribution in [-0.2, 0) is 9.59 Å². The van der Waals surface area contributed by atoms with Gasteiger partial charge in [0.05, 0.1) is 6.10 Å². The van der Waals surface area contributed by atoms with E-state index < -0.39 is 41.1 Å². The smallest absolute Gasteiger partial charge is 0.313 e. The first-order chi connectivity index (χ1) is 10.9. The SMILES string of the molecule is O=C(NCC(O)c1ccsc1)C(=O)Nc1cc(F)c(F)c(F)c1. The minimum Gasteiger partial charge on any atom is -0.387 e. The monoisotopic (exact) mass is 344 g/mol. The summed E-state index contributed by atoms with van der Waals surface area (Å²) in [6.07, 6.45) is -0.987. The molecule has 0 aliphatic heterocycles. The van der Waals surface area contributed by atoms with Crippen molar-refractivity contribution in [3.8, 4) is 0 Å². The first-order valence-electron chi connectivity index (χ1n) is 6.32. The molecule has 1 unspecified atom stereocenters. The third-order valence-electron chi connectivity index (χ3n) is 2.83. The van der Waals surface area contributed by atoms with E-state index in [2.05, 4.69) is 5.32 Å². The van der Waals surface area contributed by atoms with Crippen LogP contribution in [0.5, 0.6) is 0 Å². The number of hydrogen-bond acceptors (Lipinski definition) is 4. The quantitative estimate of drug-likeness (QED) is 0.586. The van der Waals surface area contributed by atoms with Crippen molar-refractivity contribution < 1.29 is 27.9 Å². The van der Waals surface area contributed by atoms with Gasteiger partial charge in [-0.25, -0.2) is 13.2 Å². The van der Waals surface area contributed by atoms with E-state index in [1.807, 2.05) is 5.32 Å². The summed E-state index contributed by atoms with van der Waals surface area (Å²) in [7, 11) is 0. The molecule has 5 nitrogen and oxygen atoms in total. The lowest BCUT2D eigenvalue weighted by Gasteiger charge is -2.11. The van der Waals surface area contributed by atoms with Crippen LogP contribution in [0.15, 0.2) is 29.0 Å². The number of amides is 2. The van der Waals surface area contributed by atoms with E-state index in [1.54, 1.807) is 16.8 Å². The maximum absolute atomic E-state index is 13.0. The van der Waals surface area contributed by atoms with E-state index in [0.717, 1.165) is 0 Å². The Labute approximate surface area is 132 Å². The number of carbonyl (C=O) groups excluding carboxylic acids is 2. The molecular weight excluding hydrogens is 333 g/mol. The van der Waals surface area contributed by atoms with Crippen LogP contribution in [0.4, 0.5) is 18.9 Å². The number of aliphatic hydroxyl groups excluding tert-OH is 1. The van der Waals surface area contributed by atoms with Gasteiger partial charge in [0.1, 0.15) is 0 Å². The molecule has 1 aromatic heterocycles. The Balaban J connectivity index is 1.91. The Hall–Kier alpha value is -2.39. The number of halogens is 3. The van der Waals surface area contributed by atoms with Crippen LogP contribution < -0.4 is 10.6 Å². The molecule has 0 aliphatic carbocycles. The highest BCUT2D eigenvalue weighted by Crippen LogP contribution is 2.17. The zero-order valence-corrected chi connectivity index (χ0v) is 12.3. The van der Waals surface area contributed by atoms with Crippen molar-refractivity contribution in [3.63, 3.8) is 0 Å². The van der Waals surface area contributed by atoms with Crippen LogP contribution in [-0.4, -0.2) is 23.5 Å². The lowest BCUT2D eigenvalue weighted by atomic mass is 10.2. The molecule has 1 heterocycles. The van der Waals surface area contributed by atoms with Crippen molar-refractivity contribution in [2.45, 2.75) is 6.10 Å². The van der Waals surface area contributed by atoms with Crippen molar-refractivity contribution in [1.82, 2.24) is 5.32 Å². The Morgan fingerprint density at radius 3 is 2.39 bits per heavy atom.